The van der Waals surface area contributed by atoms with E-state index in [0.717, 1.165) is 15.9 Å². The summed E-state index contributed by atoms with van der Waals surface area (Å²) in [5.41, 5.74) is 0. The Hall–Kier alpha value is -2.81. The van der Waals surface area contributed by atoms with Gasteiger partial charge in [-0.3, -0.25) is 0 Å². The highest BCUT2D eigenvalue weighted by Crippen LogP contribution is 2.55. The third-order valence-electron chi connectivity index (χ3n) is 4.92. The number of benzene rings is 4. The lowest BCUT2D eigenvalue weighted by atomic mass is 10.3. The van der Waals surface area contributed by atoms with Crippen molar-refractivity contribution in [2.45, 2.75) is 4.90 Å². The first-order valence-corrected chi connectivity index (χ1v) is 12.3. The summed E-state index contributed by atoms with van der Waals surface area (Å²) in [7, 11) is -7.57. The van der Waals surface area contributed by atoms with E-state index in [9.17, 15) is 12.3 Å². The summed E-state index contributed by atoms with van der Waals surface area (Å²) >= 11 is 0. The largest absolute Gasteiger partial charge is 0.336 e. The summed E-state index contributed by atoms with van der Waals surface area (Å²) in [5.74, 6) is 0. The summed E-state index contributed by atoms with van der Waals surface area (Å²) in [6, 6.07) is 35.8. The number of hydrogen-bond donors (Lipinski definition) is 0. The van der Waals surface area contributed by atoms with E-state index in [2.05, 4.69) is 0 Å². The zero-order valence-corrected chi connectivity index (χ0v) is 17.2. The molecule has 0 fully saturated rings. The zero-order valence-electron chi connectivity index (χ0n) is 15.5. The van der Waals surface area contributed by atoms with Gasteiger partial charge in [0.15, 0.2) is 0 Å². The van der Waals surface area contributed by atoms with E-state index >= 15 is 0 Å². The number of hydrogen-bond acceptors (Lipinski definition) is 2. The van der Waals surface area contributed by atoms with Crippen LogP contribution < -0.4 is 21.2 Å². The second-order valence-corrected chi connectivity index (χ2v) is 11.3. The van der Waals surface area contributed by atoms with Gasteiger partial charge >= 0.3 is 10.2 Å². The van der Waals surface area contributed by atoms with Crippen molar-refractivity contribution in [1.29, 1.82) is 0 Å². The van der Waals surface area contributed by atoms with Crippen LogP contribution in [0.5, 0.6) is 0 Å². The van der Waals surface area contributed by atoms with Gasteiger partial charge in [0.1, 0.15) is 33.4 Å². The molecule has 0 unspecified atom stereocenters. The lowest BCUT2D eigenvalue weighted by molar-refractivity contribution is 0.553. The molecular formula is C24H19FO2PS+. The number of rotatable bonds is 5. The standard InChI is InChI=1S/C24H19FO2PS/c25-29(26,27)24-19-11-10-18-23(24)28(20-12-4-1-5-13-20,21-14-6-2-7-15-21)22-16-8-3-9-17-22/h1-19H/q+1. The molecule has 0 aliphatic rings. The highest BCUT2D eigenvalue weighted by molar-refractivity contribution is 8.02. The SMILES string of the molecule is O=S(=O)(F)c1ccccc1[P+](c1ccccc1)(c1ccccc1)c1ccccc1. The molecule has 2 nitrogen and oxygen atoms in total. The maximum Gasteiger partial charge on any atom is 0.336 e. The summed E-state index contributed by atoms with van der Waals surface area (Å²) < 4.78 is 38.7. The van der Waals surface area contributed by atoms with Crippen molar-refractivity contribution in [3.8, 4) is 0 Å². The van der Waals surface area contributed by atoms with Crippen molar-refractivity contribution in [3.05, 3.63) is 115 Å². The molecule has 0 amide bonds. The molecule has 144 valence electrons. The van der Waals surface area contributed by atoms with Crippen LogP contribution in [-0.4, -0.2) is 8.42 Å². The van der Waals surface area contributed by atoms with Crippen LogP contribution in [0.25, 0.3) is 0 Å². The highest BCUT2D eigenvalue weighted by Gasteiger charge is 2.50. The molecule has 0 radical (unpaired) electrons. The summed E-state index contributed by atoms with van der Waals surface area (Å²) in [4.78, 5) is -0.273. The van der Waals surface area contributed by atoms with Gasteiger partial charge in [0.2, 0.25) is 0 Å². The van der Waals surface area contributed by atoms with Gasteiger partial charge in [-0.05, 0) is 48.5 Å². The second-order valence-electron chi connectivity index (χ2n) is 6.58. The second kappa shape index (κ2) is 7.90. The van der Waals surface area contributed by atoms with Crippen LogP contribution in [0.1, 0.15) is 0 Å². The molecule has 29 heavy (non-hydrogen) atoms. The summed E-state index contributed by atoms with van der Waals surface area (Å²) in [5, 5.41) is 3.39. The van der Waals surface area contributed by atoms with Crippen LogP contribution in [0.3, 0.4) is 0 Å². The molecular weight excluding hydrogens is 402 g/mol. The van der Waals surface area contributed by atoms with Crippen LogP contribution >= 0.6 is 7.26 Å². The van der Waals surface area contributed by atoms with Crippen molar-refractivity contribution >= 4 is 38.7 Å². The topological polar surface area (TPSA) is 34.1 Å². The Morgan fingerprint density at radius 3 is 1.24 bits per heavy atom. The molecule has 5 heteroatoms. The molecule has 0 saturated heterocycles. The molecule has 0 aromatic heterocycles. The van der Waals surface area contributed by atoms with Crippen molar-refractivity contribution in [3.63, 3.8) is 0 Å². The third kappa shape index (κ3) is 3.50. The fourth-order valence-corrected chi connectivity index (χ4v) is 9.36. The molecule has 0 atom stereocenters. The van der Waals surface area contributed by atoms with E-state index in [1.807, 2.05) is 91.0 Å². The molecule has 0 heterocycles. The average Bonchev–Trinajstić information content (AvgIpc) is 2.76. The Kier molecular flexibility index (Phi) is 5.31. The molecule has 0 spiro atoms. The molecule has 4 aromatic rings. The minimum atomic E-state index is -4.91. The Bertz CT molecular complexity index is 1110. The fraction of sp³-hybridized carbons (Fsp3) is 0. The first-order chi connectivity index (χ1) is 14.0. The van der Waals surface area contributed by atoms with Gasteiger partial charge in [0.05, 0.1) is 0 Å². The monoisotopic (exact) mass is 421 g/mol. The zero-order chi connectivity index (χ0) is 20.3. The van der Waals surface area contributed by atoms with Gasteiger partial charge in [-0.2, -0.15) is 8.42 Å². The molecule has 0 saturated carbocycles. The smallest absolute Gasteiger partial charge is 0.189 e. The molecule has 4 rings (SSSR count). The van der Waals surface area contributed by atoms with E-state index < -0.39 is 17.5 Å². The van der Waals surface area contributed by atoms with Gasteiger partial charge < -0.3 is 0 Å². The van der Waals surface area contributed by atoms with Crippen molar-refractivity contribution < 1.29 is 12.3 Å². The lowest BCUT2D eigenvalue weighted by Crippen LogP contribution is -2.40. The van der Waals surface area contributed by atoms with Crippen molar-refractivity contribution in [1.82, 2.24) is 0 Å². The van der Waals surface area contributed by atoms with Gasteiger partial charge in [-0.15, -0.1) is 3.89 Å². The van der Waals surface area contributed by atoms with Crippen LogP contribution in [0.4, 0.5) is 3.89 Å². The first-order valence-electron chi connectivity index (χ1n) is 9.15. The Morgan fingerprint density at radius 1 is 0.517 bits per heavy atom. The Labute approximate surface area is 171 Å². The van der Waals surface area contributed by atoms with Crippen LogP contribution in [-0.2, 0) is 10.2 Å². The first kappa shape index (κ1) is 19.5. The predicted molar refractivity (Wildman–Crippen MR) is 120 cm³/mol. The van der Waals surface area contributed by atoms with E-state index in [1.54, 1.807) is 18.2 Å². The average molecular weight is 421 g/mol. The molecule has 4 aromatic carbocycles. The lowest BCUT2D eigenvalue weighted by Gasteiger charge is -2.28. The predicted octanol–water partition coefficient (Wildman–Crippen LogP) is 3.96. The minimum Gasteiger partial charge on any atom is -0.189 e. The third-order valence-corrected chi connectivity index (χ3v) is 10.3. The molecule has 0 aliphatic heterocycles. The van der Waals surface area contributed by atoms with E-state index in [1.165, 1.54) is 6.07 Å². The summed E-state index contributed by atoms with van der Waals surface area (Å²) in [6.07, 6.45) is 0. The van der Waals surface area contributed by atoms with E-state index in [-0.39, 0.29) is 4.90 Å². The quantitative estimate of drug-likeness (QED) is 0.361. The molecule has 0 N–H and O–H groups in total. The highest BCUT2D eigenvalue weighted by atomic mass is 32.3. The summed E-state index contributed by atoms with van der Waals surface area (Å²) in [6.45, 7) is 0. The Balaban J connectivity index is 2.23. The van der Waals surface area contributed by atoms with Gasteiger partial charge in [-0.25, -0.2) is 0 Å². The van der Waals surface area contributed by atoms with Crippen LogP contribution in [0, 0.1) is 0 Å². The maximum atomic E-state index is 14.4. The van der Waals surface area contributed by atoms with Crippen LogP contribution in [0.2, 0.25) is 0 Å². The molecule has 0 bridgehead atoms. The normalized spacial score (nSPS) is 11.9. The van der Waals surface area contributed by atoms with Crippen molar-refractivity contribution in [2.24, 2.45) is 0 Å². The maximum absolute atomic E-state index is 14.4. The van der Waals surface area contributed by atoms with Crippen LogP contribution in [0.15, 0.2) is 120 Å². The fourth-order valence-electron chi connectivity index (χ4n) is 3.76. The van der Waals surface area contributed by atoms with Gasteiger partial charge in [0, 0.05) is 0 Å². The molecule has 0 aliphatic carbocycles. The van der Waals surface area contributed by atoms with Crippen molar-refractivity contribution in [2.75, 3.05) is 0 Å². The number of halogens is 1. The van der Waals surface area contributed by atoms with Gasteiger partial charge in [-0.1, -0.05) is 66.7 Å². The van der Waals surface area contributed by atoms with E-state index in [0.29, 0.717) is 5.30 Å². The van der Waals surface area contributed by atoms with Gasteiger partial charge in [0.25, 0.3) is 0 Å². The van der Waals surface area contributed by atoms with E-state index in [4.69, 9.17) is 0 Å². The minimum absolute atomic E-state index is 0.273. The Morgan fingerprint density at radius 2 is 0.862 bits per heavy atom.